The Labute approximate surface area is 98.2 Å². The van der Waals surface area contributed by atoms with Gasteiger partial charge in [0.05, 0.1) is 5.41 Å². The Kier molecular flexibility index (Phi) is 7.34. The molecule has 16 heavy (non-hydrogen) atoms. The molecular formula is C12H25NO3. The lowest BCUT2D eigenvalue weighted by molar-refractivity contribution is -0.149. The van der Waals surface area contributed by atoms with Crippen LogP contribution >= 0.6 is 0 Å². The van der Waals surface area contributed by atoms with Gasteiger partial charge in [-0.15, -0.1) is 0 Å². The van der Waals surface area contributed by atoms with Gasteiger partial charge in [-0.3, -0.25) is 4.79 Å². The van der Waals surface area contributed by atoms with Gasteiger partial charge in [0, 0.05) is 19.8 Å². The number of rotatable bonds is 9. The van der Waals surface area contributed by atoms with E-state index in [0.717, 1.165) is 6.42 Å². The van der Waals surface area contributed by atoms with Crippen molar-refractivity contribution in [2.45, 2.75) is 40.0 Å². The van der Waals surface area contributed by atoms with Gasteiger partial charge < -0.3 is 15.6 Å². The topological polar surface area (TPSA) is 72.5 Å². The highest BCUT2D eigenvalue weighted by atomic mass is 16.5. The van der Waals surface area contributed by atoms with Crippen LogP contribution in [0.25, 0.3) is 0 Å². The van der Waals surface area contributed by atoms with Crippen molar-refractivity contribution in [2.24, 2.45) is 17.1 Å². The normalized spacial score (nSPS) is 15.1. The first-order valence-electron chi connectivity index (χ1n) is 5.99. The van der Waals surface area contributed by atoms with Gasteiger partial charge in [-0.1, -0.05) is 20.8 Å². The van der Waals surface area contributed by atoms with Crippen molar-refractivity contribution in [1.82, 2.24) is 0 Å². The third-order valence-corrected chi connectivity index (χ3v) is 3.09. The molecule has 0 heterocycles. The maximum Gasteiger partial charge on any atom is 0.310 e. The zero-order valence-corrected chi connectivity index (χ0v) is 10.7. The minimum atomic E-state index is -0.815. The summed E-state index contributed by atoms with van der Waals surface area (Å²) >= 11 is 0. The number of aliphatic carboxylic acids is 1. The molecule has 0 aromatic carbocycles. The number of ether oxygens (including phenoxy) is 1. The van der Waals surface area contributed by atoms with E-state index in [4.69, 9.17) is 15.6 Å². The van der Waals surface area contributed by atoms with Crippen LogP contribution in [0.2, 0.25) is 0 Å². The van der Waals surface area contributed by atoms with Crippen LogP contribution in [-0.2, 0) is 9.53 Å². The summed E-state index contributed by atoms with van der Waals surface area (Å²) in [5.74, 6) is -0.199. The minimum absolute atomic E-state index is 0.173. The Morgan fingerprint density at radius 2 is 2.06 bits per heavy atom. The number of carboxylic acid groups (broad SMARTS) is 1. The van der Waals surface area contributed by atoms with Crippen molar-refractivity contribution in [1.29, 1.82) is 0 Å². The van der Waals surface area contributed by atoms with E-state index in [9.17, 15) is 4.79 Å². The summed E-state index contributed by atoms with van der Waals surface area (Å²) in [7, 11) is 0. The molecule has 1 unspecified atom stereocenters. The van der Waals surface area contributed by atoms with Crippen LogP contribution in [0.5, 0.6) is 0 Å². The number of hydrogen-bond acceptors (Lipinski definition) is 3. The summed E-state index contributed by atoms with van der Waals surface area (Å²) in [5, 5.41) is 9.13. The van der Waals surface area contributed by atoms with E-state index in [1.165, 1.54) is 0 Å². The second-order valence-corrected chi connectivity index (χ2v) is 4.69. The zero-order valence-electron chi connectivity index (χ0n) is 10.7. The Morgan fingerprint density at radius 1 is 1.44 bits per heavy atom. The highest BCUT2D eigenvalue weighted by Gasteiger charge is 2.34. The molecule has 1 atom stereocenters. The van der Waals surface area contributed by atoms with E-state index in [1.807, 2.05) is 6.92 Å². The predicted molar refractivity (Wildman–Crippen MR) is 64.3 cm³/mol. The maximum atomic E-state index is 11.1. The van der Waals surface area contributed by atoms with Gasteiger partial charge in [-0.25, -0.2) is 0 Å². The number of hydrogen-bond donors (Lipinski definition) is 2. The average molecular weight is 231 g/mol. The fourth-order valence-electron chi connectivity index (χ4n) is 1.46. The molecule has 0 aliphatic heterocycles. The quantitative estimate of drug-likeness (QED) is 0.594. The Balaban J connectivity index is 3.90. The molecule has 0 aliphatic carbocycles. The third kappa shape index (κ3) is 4.94. The van der Waals surface area contributed by atoms with E-state index >= 15 is 0 Å². The maximum absolute atomic E-state index is 11.1. The second kappa shape index (κ2) is 7.63. The summed E-state index contributed by atoms with van der Waals surface area (Å²) in [6.45, 7) is 7.47. The fraction of sp³-hybridized carbons (Fsp3) is 0.917. The molecule has 0 saturated carbocycles. The summed E-state index contributed by atoms with van der Waals surface area (Å²) in [6, 6.07) is 0. The standard InChI is InChI=1S/C12H25NO3/c1-4-12(9-13,11(14)15)6-8-16-7-5-10(2)3/h10H,4-9,13H2,1-3H3,(H,14,15). The lowest BCUT2D eigenvalue weighted by Crippen LogP contribution is -2.39. The average Bonchev–Trinajstić information content (AvgIpc) is 2.23. The summed E-state index contributed by atoms with van der Waals surface area (Å²) in [6.07, 6.45) is 2.05. The highest BCUT2D eigenvalue weighted by molar-refractivity contribution is 5.74. The smallest absolute Gasteiger partial charge is 0.310 e. The van der Waals surface area contributed by atoms with Gasteiger partial charge >= 0.3 is 5.97 Å². The summed E-state index contributed by atoms with van der Waals surface area (Å²) < 4.78 is 5.43. The van der Waals surface area contributed by atoms with Gasteiger partial charge in [0.25, 0.3) is 0 Å². The van der Waals surface area contributed by atoms with Crippen LogP contribution in [0.4, 0.5) is 0 Å². The van der Waals surface area contributed by atoms with Crippen LogP contribution in [0.15, 0.2) is 0 Å². The van der Waals surface area contributed by atoms with Crippen molar-refractivity contribution >= 4 is 5.97 Å². The third-order valence-electron chi connectivity index (χ3n) is 3.09. The Bertz CT molecular complexity index is 200. The van der Waals surface area contributed by atoms with Crippen molar-refractivity contribution in [3.05, 3.63) is 0 Å². The first kappa shape index (κ1) is 15.4. The number of nitrogens with two attached hydrogens (primary N) is 1. The molecular weight excluding hydrogens is 206 g/mol. The molecule has 96 valence electrons. The monoisotopic (exact) mass is 231 g/mol. The van der Waals surface area contributed by atoms with E-state index in [0.29, 0.717) is 32.0 Å². The van der Waals surface area contributed by atoms with Crippen LogP contribution in [0.3, 0.4) is 0 Å². The summed E-state index contributed by atoms with van der Waals surface area (Å²) in [5.41, 5.74) is 4.74. The van der Waals surface area contributed by atoms with Gasteiger partial charge in [-0.05, 0) is 25.2 Å². The van der Waals surface area contributed by atoms with E-state index in [-0.39, 0.29) is 6.54 Å². The van der Waals surface area contributed by atoms with Crippen molar-refractivity contribution < 1.29 is 14.6 Å². The molecule has 4 heteroatoms. The van der Waals surface area contributed by atoms with Gasteiger partial charge in [-0.2, -0.15) is 0 Å². The lowest BCUT2D eigenvalue weighted by Gasteiger charge is -2.26. The molecule has 0 radical (unpaired) electrons. The van der Waals surface area contributed by atoms with Gasteiger partial charge in [0.15, 0.2) is 0 Å². The van der Waals surface area contributed by atoms with Gasteiger partial charge in [0.1, 0.15) is 0 Å². The molecule has 0 amide bonds. The highest BCUT2D eigenvalue weighted by Crippen LogP contribution is 2.25. The fourth-order valence-corrected chi connectivity index (χ4v) is 1.46. The molecule has 3 N–H and O–H groups in total. The largest absolute Gasteiger partial charge is 0.481 e. The second-order valence-electron chi connectivity index (χ2n) is 4.69. The molecule has 0 aromatic heterocycles. The van der Waals surface area contributed by atoms with Crippen molar-refractivity contribution in [3.8, 4) is 0 Å². The lowest BCUT2D eigenvalue weighted by atomic mass is 9.82. The first-order chi connectivity index (χ1) is 7.48. The number of carboxylic acids is 1. The van der Waals surface area contributed by atoms with Crippen LogP contribution in [0.1, 0.15) is 40.0 Å². The molecule has 0 fully saturated rings. The van der Waals surface area contributed by atoms with E-state index in [2.05, 4.69) is 13.8 Å². The van der Waals surface area contributed by atoms with E-state index < -0.39 is 11.4 Å². The van der Waals surface area contributed by atoms with Crippen LogP contribution in [-0.4, -0.2) is 30.8 Å². The molecule has 0 rings (SSSR count). The van der Waals surface area contributed by atoms with Crippen LogP contribution in [0, 0.1) is 11.3 Å². The Hall–Kier alpha value is -0.610. The first-order valence-corrected chi connectivity index (χ1v) is 5.99. The molecule has 0 spiro atoms. The van der Waals surface area contributed by atoms with Crippen molar-refractivity contribution in [3.63, 3.8) is 0 Å². The number of carbonyl (C=O) groups is 1. The SMILES string of the molecule is CCC(CN)(CCOCCC(C)C)C(=O)O. The predicted octanol–water partition coefficient (Wildman–Crippen LogP) is 1.88. The summed E-state index contributed by atoms with van der Waals surface area (Å²) in [4.78, 5) is 11.1. The van der Waals surface area contributed by atoms with Crippen LogP contribution < -0.4 is 5.73 Å². The molecule has 0 aromatic rings. The molecule has 0 aliphatic rings. The van der Waals surface area contributed by atoms with Gasteiger partial charge in [0.2, 0.25) is 0 Å². The van der Waals surface area contributed by atoms with E-state index in [1.54, 1.807) is 0 Å². The Morgan fingerprint density at radius 3 is 2.44 bits per heavy atom. The molecule has 0 saturated heterocycles. The van der Waals surface area contributed by atoms with Crippen molar-refractivity contribution in [2.75, 3.05) is 19.8 Å². The zero-order chi connectivity index (χ0) is 12.6. The molecule has 0 bridgehead atoms. The minimum Gasteiger partial charge on any atom is -0.481 e. The molecule has 4 nitrogen and oxygen atoms in total.